The monoisotopic (exact) mass is 434 g/mol. The Kier molecular flexibility index (Phi) is 6.44. The molecule has 0 spiro atoms. The van der Waals surface area contributed by atoms with Crippen molar-refractivity contribution in [2.24, 2.45) is 0 Å². The third-order valence-corrected chi connectivity index (χ3v) is 5.86. The van der Waals surface area contributed by atoms with Crippen LogP contribution < -0.4 is 5.32 Å². The maximum Gasteiger partial charge on any atom is 0.258 e. The highest BCUT2D eigenvalue weighted by Crippen LogP contribution is 2.37. The molecule has 3 aromatic rings. The zero-order valence-electron chi connectivity index (χ0n) is 18.0. The molecule has 6 nitrogen and oxygen atoms in total. The van der Waals surface area contributed by atoms with Crippen LogP contribution in [0.3, 0.4) is 0 Å². The molecule has 160 valence electrons. The highest BCUT2D eigenvalue weighted by molar-refractivity contribution is 7.80. The van der Waals surface area contributed by atoms with E-state index in [1.54, 1.807) is 7.11 Å². The molecular formula is C24H26N4O2S. The average molecular weight is 435 g/mol. The smallest absolute Gasteiger partial charge is 0.258 e. The third-order valence-electron chi connectivity index (χ3n) is 5.53. The molecule has 0 radical (unpaired) electrons. The molecule has 1 aliphatic rings. The van der Waals surface area contributed by atoms with Gasteiger partial charge < -0.3 is 19.5 Å². The largest absolute Gasteiger partial charge is 0.383 e. The second-order valence-corrected chi connectivity index (χ2v) is 7.80. The Labute approximate surface area is 187 Å². The standard InChI is InChI=1S/C24H26N4O2S/c1-4-17-10-12-19(13-11-17)22-26-23(30-27-22)20-16(2)28(14-15-29-3)24(31)25-21(20)18-8-6-5-7-9-18/h5-13,21H,4,14-15H2,1-3H3,(H,25,31). The lowest BCUT2D eigenvalue weighted by Crippen LogP contribution is -2.47. The van der Waals surface area contributed by atoms with Crippen molar-refractivity contribution in [1.82, 2.24) is 20.4 Å². The van der Waals surface area contributed by atoms with Crippen LogP contribution >= 0.6 is 12.2 Å². The van der Waals surface area contributed by atoms with Gasteiger partial charge in [0.15, 0.2) is 5.11 Å². The van der Waals surface area contributed by atoms with Crippen LogP contribution in [0.15, 0.2) is 64.8 Å². The van der Waals surface area contributed by atoms with E-state index in [0.717, 1.165) is 28.8 Å². The van der Waals surface area contributed by atoms with E-state index in [0.29, 0.717) is 30.0 Å². The summed E-state index contributed by atoms with van der Waals surface area (Å²) in [5.41, 5.74) is 5.18. The number of allylic oxidation sites excluding steroid dienone is 1. The van der Waals surface area contributed by atoms with Crippen LogP contribution in [0, 0.1) is 0 Å². The Morgan fingerprint density at radius 3 is 2.55 bits per heavy atom. The number of rotatable bonds is 7. The summed E-state index contributed by atoms with van der Waals surface area (Å²) in [5, 5.41) is 8.37. The number of aromatic nitrogens is 2. The predicted molar refractivity (Wildman–Crippen MR) is 125 cm³/mol. The van der Waals surface area contributed by atoms with Crippen molar-refractivity contribution in [2.45, 2.75) is 26.3 Å². The number of thiocarbonyl (C=S) groups is 1. The van der Waals surface area contributed by atoms with Crippen molar-refractivity contribution in [3.05, 3.63) is 77.3 Å². The van der Waals surface area contributed by atoms with Crippen molar-refractivity contribution >= 4 is 22.9 Å². The zero-order chi connectivity index (χ0) is 21.8. The number of aryl methyl sites for hydroxylation is 1. The van der Waals surface area contributed by atoms with E-state index in [1.807, 2.05) is 42.2 Å². The second kappa shape index (κ2) is 9.41. The number of nitrogens with zero attached hydrogens (tertiary/aromatic N) is 3. The minimum absolute atomic E-state index is 0.178. The Balaban J connectivity index is 1.76. The van der Waals surface area contributed by atoms with Gasteiger partial charge in [-0.3, -0.25) is 0 Å². The zero-order valence-corrected chi connectivity index (χ0v) is 18.8. The summed E-state index contributed by atoms with van der Waals surface area (Å²) in [5.74, 6) is 1.06. The number of ether oxygens (including phenoxy) is 1. The van der Waals surface area contributed by atoms with Gasteiger partial charge in [0.05, 0.1) is 18.2 Å². The molecule has 0 saturated carbocycles. The average Bonchev–Trinajstić information content (AvgIpc) is 3.29. The van der Waals surface area contributed by atoms with Crippen molar-refractivity contribution in [1.29, 1.82) is 0 Å². The van der Waals surface area contributed by atoms with Gasteiger partial charge in [-0.1, -0.05) is 66.7 Å². The molecule has 2 aromatic carbocycles. The summed E-state index contributed by atoms with van der Waals surface area (Å²) in [4.78, 5) is 6.77. The van der Waals surface area contributed by atoms with E-state index in [9.17, 15) is 0 Å². The summed E-state index contributed by atoms with van der Waals surface area (Å²) in [6.07, 6.45) is 0.992. The molecule has 0 aliphatic carbocycles. The van der Waals surface area contributed by atoms with Gasteiger partial charge >= 0.3 is 0 Å². The fraction of sp³-hybridized carbons (Fsp3) is 0.292. The Hall–Kier alpha value is -3.03. The van der Waals surface area contributed by atoms with E-state index in [4.69, 9.17) is 26.5 Å². The third kappa shape index (κ3) is 4.38. The second-order valence-electron chi connectivity index (χ2n) is 7.41. The molecule has 1 atom stereocenters. The highest BCUT2D eigenvalue weighted by atomic mass is 32.1. The Bertz CT molecular complexity index is 1080. The molecule has 1 N–H and O–H groups in total. The molecule has 4 rings (SSSR count). The number of nitrogens with one attached hydrogen (secondary N) is 1. The van der Waals surface area contributed by atoms with E-state index in [1.165, 1.54) is 5.56 Å². The van der Waals surface area contributed by atoms with Gasteiger partial charge in [-0.15, -0.1) is 0 Å². The van der Waals surface area contributed by atoms with E-state index in [-0.39, 0.29) is 6.04 Å². The first-order valence-corrected chi connectivity index (χ1v) is 10.8. The van der Waals surface area contributed by atoms with Gasteiger partial charge in [-0.05, 0) is 36.7 Å². The molecule has 0 fully saturated rings. The quantitative estimate of drug-likeness (QED) is 0.545. The summed E-state index contributed by atoms with van der Waals surface area (Å²) in [6, 6.07) is 18.2. The minimum Gasteiger partial charge on any atom is -0.383 e. The van der Waals surface area contributed by atoms with Crippen molar-refractivity contribution < 1.29 is 9.26 Å². The van der Waals surface area contributed by atoms with Gasteiger partial charge in [0.2, 0.25) is 5.82 Å². The molecule has 1 aromatic heterocycles. The van der Waals surface area contributed by atoms with Crippen LogP contribution in [0.1, 0.15) is 36.9 Å². The van der Waals surface area contributed by atoms with Crippen molar-refractivity contribution in [3.8, 4) is 11.4 Å². The number of methoxy groups -OCH3 is 1. The lowest BCUT2D eigenvalue weighted by molar-refractivity contribution is 0.183. The maximum absolute atomic E-state index is 5.77. The number of hydrogen-bond acceptors (Lipinski definition) is 5. The topological polar surface area (TPSA) is 63.4 Å². The normalized spacial score (nSPS) is 16.5. The summed E-state index contributed by atoms with van der Waals surface area (Å²) < 4.78 is 11.0. The summed E-state index contributed by atoms with van der Waals surface area (Å²) in [6.45, 7) is 5.37. The fourth-order valence-electron chi connectivity index (χ4n) is 3.75. The summed E-state index contributed by atoms with van der Waals surface area (Å²) in [7, 11) is 1.68. The Morgan fingerprint density at radius 2 is 1.87 bits per heavy atom. The first-order valence-electron chi connectivity index (χ1n) is 10.4. The molecule has 31 heavy (non-hydrogen) atoms. The van der Waals surface area contributed by atoms with Crippen LogP contribution in [0.2, 0.25) is 0 Å². The first-order chi connectivity index (χ1) is 15.1. The molecular weight excluding hydrogens is 408 g/mol. The van der Waals surface area contributed by atoms with Crippen LogP contribution in [-0.2, 0) is 11.2 Å². The van der Waals surface area contributed by atoms with E-state index < -0.39 is 0 Å². The lowest BCUT2D eigenvalue weighted by Gasteiger charge is -2.37. The SMILES string of the molecule is CCc1ccc(-c2noc(C3=C(C)N(CCOC)C(=S)NC3c3ccccc3)n2)cc1. The molecule has 0 saturated heterocycles. The van der Waals surface area contributed by atoms with Gasteiger partial charge in [-0.25, -0.2) is 0 Å². The van der Waals surface area contributed by atoms with Crippen LogP contribution in [0.5, 0.6) is 0 Å². The number of hydrogen-bond donors (Lipinski definition) is 1. The first kappa shape index (κ1) is 21.2. The molecule has 2 heterocycles. The fourth-order valence-corrected chi connectivity index (χ4v) is 4.09. The molecule has 7 heteroatoms. The van der Waals surface area contributed by atoms with Gasteiger partial charge in [0, 0.05) is 24.9 Å². The van der Waals surface area contributed by atoms with E-state index in [2.05, 4.69) is 41.7 Å². The van der Waals surface area contributed by atoms with Gasteiger partial charge in [-0.2, -0.15) is 4.98 Å². The van der Waals surface area contributed by atoms with Crippen LogP contribution in [-0.4, -0.2) is 40.4 Å². The number of benzene rings is 2. The van der Waals surface area contributed by atoms with E-state index >= 15 is 0 Å². The molecule has 0 amide bonds. The van der Waals surface area contributed by atoms with Gasteiger partial charge in [0.25, 0.3) is 5.89 Å². The van der Waals surface area contributed by atoms with Crippen molar-refractivity contribution in [2.75, 3.05) is 20.3 Å². The minimum atomic E-state index is -0.178. The van der Waals surface area contributed by atoms with Crippen LogP contribution in [0.4, 0.5) is 0 Å². The molecule has 0 bridgehead atoms. The molecule has 1 aliphatic heterocycles. The van der Waals surface area contributed by atoms with Crippen LogP contribution in [0.25, 0.3) is 17.0 Å². The van der Waals surface area contributed by atoms with Gasteiger partial charge in [0.1, 0.15) is 0 Å². The molecule has 1 unspecified atom stereocenters. The highest BCUT2D eigenvalue weighted by Gasteiger charge is 2.33. The summed E-state index contributed by atoms with van der Waals surface area (Å²) >= 11 is 5.66. The Morgan fingerprint density at radius 1 is 1.13 bits per heavy atom. The van der Waals surface area contributed by atoms with Crippen molar-refractivity contribution in [3.63, 3.8) is 0 Å². The maximum atomic E-state index is 5.77. The predicted octanol–water partition coefficient (Wildman–Crippen LogP) is 4.61. The lowest BCUT2D eigenvalue weighted by atomic mass is 9.95.